The molecule has 16 heavy (non-hydrogen) atoms. The van der Waals surface area contributed by atoms with Crippen LogP contribution in [0.25, 0.3) is 0 Å². The molecule has 1 amide bonds. The van der Waals surface area contributed by atoms with E-state index in [0.29, 0.717) is 11.7 Å². The van der Waals surface area contributed by atoms with Crippen LogP contribution in [0.1, 0.15) is 36.2 Å². The van der Waals surface area contributed by atoms with Gasteiger partial charge in [0.15, 0.2) is 6.29 Å². The molecule has 0 bridgehead atoms. The van der Waals surface area contributed by atoms with Crippen LogP contribution in [0.15, 0.2) is 18.3 Å². The molecule has 4 nitrogen and oxygen atoms in total. The number of nitrogens with zero attached hydrogens (tertiary/aromatic N) is 1. The van der Waals surface area contributed by atoms with Gasteiger partial charge >= 0.3 is 0 Å². The first kappa shape index (κ1) is 10.9. The third-order valence-electron chi connectivity index (χ3n) is 3.02. The number of amides is 1. The molecule has 0 aliphatic heterocycles. The summed E-state index contributed by atoms with van der Waals surface area (Å²) in [6, 6.07) is 3.81. The molecule has 1 aromatic heterocycles. The van der Waals surface area contributed by atoms with E-state index in [1.807, 2.05) is 0 Å². The first-order valence-electron chi connectivity index (χ1n) is 5.69. The van der Waals surface area contributed by atoms with Crippen LogP contribution in [0.5, 0.6) is 0 Å². The van der Waals surface area contributed by atoms with Gasteiger partial charge in [-0.2, -0.15) is 0 Å². The normalized spacial score (nSPS) is 16.2. The summed E-state index contributed by atoms with van der Waals surface area (Å²) in [5.41, 5.74) is 0.543. The molecule has 2 rings (SSSR count). The zero-order valence-corrected chi connectivity index (χ0v) is 9.19. The summed E-state index contributed by atoms with van der Waals surface area (Å²) in [4.78, 5) is 22.3. The summed E-state index contributed by atoms with van der Waals surface area (Å²) < 4.78 is 1.66. The second-order valence-electron chi connectivity index (χ2n) is 4.23. The second kappa shape index (κ2) is 4.96. The zero-order chi connectivity index (χ0) is 11.4. The van der Waals surface area contributed by atoms with Crippen LogP contribution in [0.4, 0.5) is 0 Å². The van der Waals surface area contributed by atoms with E-state index in [0.717, 1.165) is 19.1 Å². The molecule has 1 saturated carbocycles. The van der Waals surface area contributed by atoms with Gasteiger partial charge in [0.05, 0.1) is 5.69 Å². The highest BCUT2D eigenvalue weighted by Crippen LogP contribution is 2.17. The summed E-state index contributed by atoms with van der Waals surface area (Å²) in [5.74, 6) is -0.00815. The van der Waals surface area contributed by atoms with E-state index in [4.69, 9.17) is 0 Å². The smallest absolute Gasteiger partial charge is 0.240 e. The van der Waals surface area contributed by atoms with Crippen molar-refractivity contribution in [2.75, 3.05) is 0 Å². The van der Waals surface area contributed by atoms with E-state index in [1.54, 1.807) is 22.9 Å². The summed E-state index contributed by atoms with van der Waals surface area (Å²) in [6.45, 7) is 0.234. The molecule has 0 spiro atoms. The number of carbonyl (C=O) groups excluding carboxylic acids is 2. The molecule has 0 saturated heterocycles. The van der Waals surface area contributed by atoms with E-state index in [9.17, 15) is 9.59 Å². The number of carbonyl (C=O) groups is 2. The maximum atomic E-state index is 11.7. The van der Waals surface area contributed by atoms with E-state index >= 15 is 0 Å². The molecule has 0 unspecified atom stereocenters. The zero-order valence-electron chi connectivity index (χ0n) is 9.19. The van der Waals surface area contributed by atoms with Gasteiger partial charge in [-0.1, -0.05) is 12.8 Å². The van der Waals surface area contributed by atoms with Crippen LogP contribution >= 0.6 is 0 Å². The van der Waals surface area contributed by atoms with E-state index in [1.165, 1.54) is 12.8 Å². The van der Waals surface area contributed by atoms with Crippen LogP contribution in [-0.4, -0.2) is 22.8 Å². The van der Waals surface area contributed by atoms with Crippen LogP contribution in [-0.2, 0) is 11.3 Å². The third kappa shape index (κ3) is 2.51. The lowest BCUT2D eigenvalue weighted by Crippen LogP contribution is -2.35. The summed E-state index contributed by atoms with van der Waals surface area (Å²) >= 11 is 0. The highest BCUT2D eigenvalue weighted by molar-refractivity contribution is 5.78. The Morgan fingerprint density at radius 2 is 2.25 bits per heavy atom. The Labute approximate surface area is 94.6 Å². The molecular formula is C12H16N2O2. The minimum Gasteiger partial charge on any atom is -0.352 e. The van der Waals surface area contributed by atoms with Gasteiger partial charge in [0.25, 0.3) is 0 Å². The van der Waals surface area contributed by atoms with Gasteiger partial charge in [-0.25, -0.2) is 0 Å². The van der Waals surface area contributed by atoms with Crippen molar-refractivity contribution in [1.29, 1.82) is 0 Å². The Morgan fingerprint density at radius 3 is 2.94 bits per heavy atom. The second-order valence-corrected chi connectivity index (χ2v) is 4.23. The van der Waals surface area contributed by atoms with E-state index in [-0.39, 0.29) is 12.5 Å². The maximum Gasteiger partial charge on any atom is 0.240 e. The Bertz CT molecular complexity index is 378. The van der Waals surface area contributed by atoms with Gasteiger partial charge in [0, 0.05) is 12.2 Å². The Balaban J connectivity index is 1.89. The molecule has 1 aromatic rings. The largest absolute Gasteiger partial charge is 0.352 e. The van der Waals surface area contributed by atoms with Crippen molar-refractivity contribution in [1.82, 2.24) is 9.88 Å². The highest BCUT2D eigenvalue weighted by Gasteiger charge is 2.17. The van der Waals surface area contributed by atoms with E-state index in [2.05, 4.69) is 5.32 Å². The monoisotopic (exact) mass is 220 g/mol. The standard InChI is InChI=1S/C12H16N2O2/c15-9-11-6-3-7-14(11)8-12(16)13-10-4-1-2-5-10/h3,6-7,9-10H,1-2,4-5,8H2,(H,13,16). The molecule has 1 N–H and O–H groups in total. The Kier molecular flexibility index (Phi) is 3.39. The molecule has 0 radical (unpaired) electrons. The van der Waals surface area contributed by atoms with Crippen molar-refractivity contribution in [3.63, 3.8) is 0 Å². The number of aromatic nitrogens is 1. The highest BCUT2D eigenvalue weighted by atomic mass is 16.2. The SMILES string of the molecule is O=Cc1cccn1CC(=O)NC1CCCC1. The fourth-order valence-corrected chi connectivity index (χ4v) is 2.18. The molecule has 1 fully saturated rings. The molecule has 1 aliphatic carbocycles. The average Bonchev–Trinajstić information content (AvgIpc) is 2.88. The fraction of sp³-hybridized carbons (Fsp3) is 0.500. The third-order valence-corrected chi connectivity index (χ3v) is 3.02. The number of aldehydes is 1. The van der Waals surface area contributed by atoms with Crippen LogP contribution in [0.3, 0.4) is 0 Å². The molecule has 1 heterocycles. The van der Waals surface area contributed by atoms with Crippen LogP contribution in [0.2, 0.25) is 0 Å². The topological polar surface area (TPSA) is 51.1 Å². The van der Waals surface area contributed by atoms with Crippen LogP contribution < -0.4 is 5.32 Å². The quantitative estimate of drug-likeness (QED) is 0.779. The fourth-order valence-electron chi connectivity index (χ4n) is 2.18. The first-order valence-corrected chi connectivity index (χ1v) is 5.69. The number of rotatable bonds is 4. The first-order chi connectivity index (χ1) is 7.79. The number of nitrogens with one attached hydrogen (secondary N) is 1. The molecular weight excluding hydrogens is 204 g/mol. The van der Waals surface area contributed by atoms with Crippen molar-refractivity contribution >= 4 is 12.2 Å². The van der Waals surface area contributed by atoms with Crippen molar-refractivity contribution in [2.24, 2.45) is 0 Å². The van der Waals surface area contributed by atoms with Gasteiger partial charge in [-0.15, -0.1) is 0 Å². The lowest BCUT2D eigenvalue weighted by Gasteiger charge is -2.12. The summed E-state index contributed by atoms with van der Waals surface area (Å²) in [6.07, 6.45) is 7.08. The Morgan fingerprint density at radius 1 is 1.50 bits per heavy atom. The minimum atomic E-state index is -0.00815. The van der Waals surface area contributed by atoms with Crippen molar-refractivity contribution in [3.05, 3.63) is 24.0 Å². The number of hydrogen-bond acceptors (Lipinski definition) is 2. The number of hydrogen-bond donors (Lipinski definition) is 1. The van der Waals surface area contributed by atoms with Crippen molar-refractivity contribution in [2.45, 2.75) is 38.3 Å². The van der Waals surface area contributed by atoms with Gasteiger partial charge in [-0.3, -0.25) is 9.59 Å². The predicted molar refractivity (Wildman–Crippen MR) is 60.2 cm³/mol. The van der Waals surface area contributed by atoms with Crippen molar-refractivity contribution in [3.8, 4) is 0 Å². The van der Waals surface area contributed by atoms with E-state index < -0.39 is 0 Å². The van der Waals surface area contributed by atoms with Gasteiger partial charge in [-0.05, 0) is 25.0 Å². The maximum absolute atomic E-state index is 11.7. The minimum absolute atomic E-state index is 0.00815. The van der Waals surface area contributed by atoms with Gasteiger partial charge in [0.2, 0.25) is 5.91 Å². The summed E-state index contributed by atoms with van der Waals surface area (Å²) in [7, 11) is 0. The molecule has 0 aromatic carbocycles. The lowest BCUT2D eigenvalue weighted by atomic mass is 10.2. The van der Waals surface area contributed by atoms with Gasteiger partial charge in [0.1, 0.15) is 6.54 Å². The summed E-state index contributed by atoms with van der Waals surface area (Å²) in [5, 5.41) is 2.99. The lowest BCUT2D eigenvalue weighted by molar-refractivity contribution is -0.122. The molecule has 4 heteroatoms. The molecule has 0 atom stereocenters. The average molecular weight is 220 g/mol. The molecule has 1 aliphatic rings. The van der Waals surface area contributed by atoms with Crippen molar-refractivity contribution < 1.29 is 9.59 Å². The van der Waals surface area contributed by atoms with Crippen LogP contribution in [0, 0.1) is 0 Å². The Hall–Kier alpha value is -1.58. The predicted octanol–water partition coefficient (Wildman–Crippen LogP) is 1.36. The molecule has 86 valence electrons. The van der Waals surface area contributed by atoms with Gasteiger partial charge < -0.3 is 9.88 Å².